The number of carbonyl (C=O) groups is 3. The van der Waals surface area contributed by atoms with E-state index in [1.807, 2.05) is 13.0 Å². The molecule has 0 radical (unpaired) electrons. The maximum Gasteiger partial charge on any atom is 0.343 e. The van der Waals surface area contributed by atoms with Gasteiger partial charge in [0.2, 0.25) is 5.91 Å². The standard InChI is InChI=1S/C50H79N3O18/c1-28-18-16-14-12-10-8-6-7-9-11-13-15-17-19-35(70-49-45(63)42(51)44(62)31(4)69-49)25-39-41(47(64)53-46(52)48(65)67-5)38(59)27-50(66,71-39)26-34(56)23-37(58)36(57)21-20-32(54)22-33(55)24-40(60)68-30(3)29(2)43(28)61/h6-19,28-39,41-46,49,54-59,61-63,66H,20-27,51-52H2,1-5H3,(H,53,64)/b7-6+,10-8+,11-9+,14-12+,15-13+,18-16+,19-17+/t28-,29-,30-,31+,32+,33+,34-,35-,36+,37+,38-,39-,41+,42-,43+,44+,45-,46+,49-,50+/m0/s1. The van der Waals surface area contributed by atoms with Crippen LogP contribution in [0.4, 0.5) is 0 Å². The van der Waals surface area contributed by atoms with Crippen molar-refractivity contribution in [2.24, 2.45) is 29.2 Å². The van der Waals surface area contributed by atoms with Crippen molar-refractivity contribution < 1.29 is 89.1 Å². The number of aliphatic hydroxyl groups excluding tert-OH is 9. The third kappa shape index (κ3) is 20.4. The molecule has 1 amide bonds. The van der Waals surface area contributed by atoms with Crippen molar-refractivity contribution >= 4 is 17.8 Å². The van der Waals surface area contributed by atoms with Crippen LogP contribution in [-0.2, 0) is 38.1 Å². The number of amides is 1. The lowest BCUT2D eigenvalue weighted by atomic mass is 9.82. The van der Waals surface area contributed by atoms with E-state index in [1.54, 1.807) is 86.8 Å². The molecule has 3 rings (SSSR count). The molecule has 20 atom stereocenters. The number of ether oxygens (including phenoxy) is 5. The minimum absolute atomic E-state index is 0.128. The number of nitrogens with one attached hydrogen (secondary N) is 1. The molecule has 0 aromatic heterocycles. The summed E-state index contributed by atoms with van der Waals surface area (Å²) in [5.74, 6) is -7.42. The number of allylic oxidation sites excluding steroid dienone is 12. The predicted octanol–water partition coefficient (Wildman–Crippen LogP) is -0.799. The fourth-order valence-electron chi connectivity index (χ4n) is 8.42. The summed E-state index contributed by atoms with van der Waals surface area (Å²) in [6, 6.07) is -1.18. The van der Waals surface area contributed by atoms with Gasteiger partial charge in [0, 0.05) is 37.5 Å². The van der Waals surface area contributed by atoms with Crippen molar-refractivity contribution in [1.29, 1.82) is 0 Å². The minimum atomic E-state index is -2.39. The second kappa shape index (κ2) is 30.2. The largest absolute Gasteiger partial charge is 0.466 e. The van der Waals surface area contributed by atoms with Crippen molar-refractivity contribution in [1.82, 2.24) is 5.32 Å². The topological polar surface area (TPSA) is 364 Å². The molecule has 3 aliphatic heterocycles. The van der Waals surface area contributed by atoms with Crippen molar-refractivity contribution in [3.8, 4) is 0 Å². The Hall–Kier alpha value is -4.01. The molecule has 2 bridgehead atoms. The van der Waals surface area contributed by atoms with Gasteiger partial charge in [0.25, 0.3) is 0 Å². The first kappa shape index (κ1) is 61.3. The first-order valence-electron chi connectivity index (χ1n) is 24.1. The zero-order valence-electron chi connectivity index (χ0n) is 41.1. The van der Waals surface area contributed by atoms with Crippen molar-refractivity contribution in [3.05, 3.63) is 85.1 Å². The SMILES string of the molecule is COC(=O)[C@H](N)NC(=O)[C@H]1[C@@H]2C[C@@H](O[C@@H]3O[C@H](C)[C@@H](O)[C@H](N)[C@@H]3O)/C=C/C=C/C=C/C=C/C=C/C=C/C=C/[C@H](C)[C@@H](O)[C@@H](C)[C@H](C)OC(=O)C[C@H](O)C[C@H](O)CC[C@@H](O)[C@H](O)C[C@H](O)C[C@](O)(C[C@@H]1O)O2. The Morgan fingerprint density at radius 1 is 0.704 bits per heavy atom. The van der Waals surface area contributed by atoms with E-state index in [1.165, 1.54) is 13.0 Å². The predicted molar refractivity (Wildman–Crippen MR) is 257 cm³/mol. The van der Waals surface area contributed by atoms with E-state index >= 15 is 0 Å². The van der Waals surface area contributed by atoms with Gasteiger partial charge in [-0.1, -0.05) is 98.9 Å². The maximum absolute atomic E-state index is 13.7. The molecule has 21 nitrogen and oxygen atoms in total. The molecule has 3 heterocycles. The van der Waals surface area contributed by atoms with E-state index < -0.39 is 159 Å². The molecule has 0 aliphatic carbocycles. The van der Waals surface area contributed by atoms with Crippen molar-refractivity contribution in [2.75, 3.05) is 7.11 Å². The zero-order valence-corrected chi connectivity index (χ0v) is 41.1. The van der Waals surface area contributed by atoms with E-state index in [0.29, 0.717) is 0 Å². The van der Waals surface area contributed by atoms with Crippen LogP contribution in [0, 0.1) is 17.8 Å². The molecule has 3 aliphatic rings. The number of hydrogen-bond acceptors (Lipinski definition) is 20. The van der Waals surface area contributed by atoms with Gasteiger partial charge in [-0.2, -0.15) is 0 Å². The third-order valence-corrected chi connectivity index (χ3v) is 12.8. The highest BCUT2D eigenvalue weighted by molar-refractivity contribution is 5.86. The number of rotatable bonds is 5. The molecule has 0 aromatic rings. The van der Waals surface area contributed by atoms with E-state index in [-0.39, 0.29) is 31.6 Å². The van der Waals surface area contributed by atoms with E-state index in [0.717, 1.165) is 7.11 Å². The van der Waals surface area contributed by atoms with E-state index in [9.17, 15) is 65.4 Å². The van der Waals surface area contributed by atoms with Crippen molar-refractivity contribution in [2.45, 2.75) is 183 Å². The second-order valence-corrected chi connectivity index (χ2v) is 18.7. The molecule has 2 fully saturated rings. The van der Waals surface area contributed by atoms with Gasteiger partial charge >= 0.3 is 11.9 Å². The lowest BCUT2D eigenvalue weighted by Crippen LogP contribution is -2.62. The van der Waals surface area contributed by atoms with Gasteiger partial charge in [-0.3, -0.25) is 9.59 Å². The maximum atomic E-state index is 13.7. The Kier molecular flexibility index (Phi) is 26.1. The van der Waals surface area contributed by atoms with Crippen LogP contribution in [0.15, 0.2) is 85.1 Å². The van der Waals surface area contributed by atoms with Gasteiger partial charge in [0.1, 0.15) is 12.2 Å². The number of cyclic esters (lactones) is 1. The van der Waals surface area contributed by atoms with E-state index in [2.05, 4.69) is 10.1 Å². The highest BCUT2D eigenvalue weighted by Gasteiger charge is 2.51. The lowest BCUT2D eigenvalue weighted by molar-refractivity contribution is -0.307. The number of carbonyl (C=O) groups excluding carboxylic acids is 3. The second-order valence-electron chi connectivity index (χ2n) is 18.7. The van der Waals surface area contributed by atoms with Crippen LogP contribution in [-0.4, -0.2) is 180 Å². The van der Waals surface area contributed by atoms with Crippen LogP contribution >= 0.6 is 0 Å². The van der Waals surface area contributed by atoms with E-state index in [4.69, 9.17) is 30.4 Å². The monoisotopic (exact) mass is 1010 g/mol. The minimum Gasteiger partial charge on any atom is -0.466 e. The number of fused-ring (bicyclic) bond motifs is 2. The average molecular weight is 1010 g/mol. The molecule has 21 heteroatoms. The fourth-order valence-corrected chi connectivity index (χ4v) is 8.42. The molecule has 0 unspecified atom stereocenters. The first-order chi connectivity index (χ1) is 33.5. The van der Waals surface area contributed by atoms with Crippen LogP contribution in [0.3, 0.4) is 0 Å². The summed E-state index contributed by atoms with van der Waals surface area (Å²) < 4.78 is 28.1. The Balaban J connectivity index is 1.95. The van der Waals surface area contributed by atoms with Crippen LogP contribution in [0.5, 0.6) is 0 Å². The summed E-state index contributed by atoms with van der Waals surface area (Å²) in [4.78, 5) is 38.6. The Morgan fingerprint density at radius 2 is 1.28 bits per heavy atom. The molecule has 2 saturated heterocycles. The number of nitrogens with two attached hydrogens (primary N) is 2. The van der Waals surface area contributed by atoms with Crippen LogP contribution < -0.4 is 16.8 Å². The summed E-state index contributed by atoms with van der Waals surface area (Å²) in [6.07, 6.45) is 1.02. The van der Waals surface area contributed by atoms with Gasteiger partial charge in [0.15, 0.2) is 18.2 Å². The van der Waals surface area contributed by atoms with Gasteiger partial charge in [-0.05, 0) is 33.1 Å². The summed E-state index contributed by atoms with van der Waals surface area (Å²) in [5, 5.41) is 112. The molecule has 15 N–H and O–H groups in total. The molecule has 0 spiro atoms. The number of hydrogen-bond donors (Lipinski definition) is 13. The molecular formula is C50H79N3O18. The first-order valence-corrected chi connectivity index (χ1v) is 24.1. The average Bonchev–Trinajstić information content (AvgIpc) is 3.29. The summed E-state index contributed by atoms with van der Waals surface area (Å²) >= 11 is 0. The molecule has 71 heavy (non-hydrogen) atoms. The fraction of sp³-hybridized carbons (Fsp3) is 0.660. The lowest BCUT2D eigenvalue weighted by Gasteiger charge is -2.46. The number of esters is 2. The Morgan fingerprint density at radius 3 is 1.87 bits per heavy atom. The van der Waals surface area contributed by atoms with Gasteiger partial charge < -0.3 is 91.5 Å². The quantitative estimate of drug-likeness (QED) is 0.118. The van der Waals surface area contributed by atoms with Gasteiger partial charge in [-0.15, -0.1) is 0 Å². The van der Waals surface area contributed by atoms with Crippen LogP contribution in [0.2, 0.25) is 0 Å². The van der Waals surface area contributed by atoms with Gasteiger partial charge in [0.05, 0.1) is 92.6 Å². The number of aliphatic hydroxyl groups is 10. The molecule has 402 valence electrons. The van der Waals surface area contributed by atoms with Gasteiger partial charge in [-0.25, -0.2) is 4.79 Å². The normalized spacial score (nSPS) is 43.0. The third-order valence-electron chi connectivity index (χ3n) is 12.8. The van der Waals surface area contributed by atoms with Crippen LogP contribution in [0.25, 0.3) is 0 Å². The highest BCUT2D eigenvalue weighted by Crippen LogP contribution is 2.38. The summed E-state index contributed by atoms with van der Waals surface area (Å²) in [5.41, 5.74) is 11.9. The van der Waals surface area contributed by atoms with Crippen molar-refractivity contribution in [3.63, 3.8) is 0 Å². The highest BCUT2D eigenvalue weighted by atomic mass is 16.7. The Labute approximate surface area is 415 Å². The summed E-state index contributed by atoms with van der Waals surface area (Å²) in [7, 11) is 1.05. The summed E-state index contributed by atoms with van der Waals surface area (Å²) in [6.45, 7) is 6.72. The molecule has 0 aromatic carbocycles. The Bertz CT molecular complexity index is 1860. The van der Waals surface area contributed by atoms with Crippen LogP contribution in [0.1, 0.15) is 79.1 Å². The number of methoxy groups -OCH3 is 1. The smallest absolute Gasteiger partial charge is 0.343 e. The molecular weight excluding hydrogens is 931 g/mol. The zero-order chi connectivity index (χ0) is 53.0. The molecule has 0 saturated carbocycles.